The Balaban J connectivity index is 2.37. The van der Waals surface area contributed by atoms with E-state index in [1.165, 1.54) is 12.4 Å². The molecule has 0 saturated heterocycles. The largest absolute Gasteiger partial charge is 0.385 e. The quantitative estimate of drug-likeness (QED) is 0.614. The zero-order valence-corrected chi connectivity index (χ0v) is 9.12. The lowest BCUT2D eigenvalue weighted by molar-refractivity contribution is -0.116. The van der Waals surface area contributed by atoms with Gasteiger partial charge in [0, 0.05) is 26.2 Å². The summed E-state index contributed by atoms with van der Waals surface area (Å²) in [4.78, 5) is 18.9. The second-order valence-electron chi connectivity index (χ2n) is 2.87. The standard InChI is InChI=1S/C9H12ClN3O2/c1-15-4-2-3-9(14)13-8-5-7(10)11-6-12-8/h5-6H,2-4H2,1H3,(H,11,12,13,14). The van der Waals surface area contributed by atoms with Gasteiger partial charge in [-0.05, 0) is 6.42 Å². The molecule has 0 aliphatic rings. The average molecular weight is 230 g/mol. The lowest BCUT2D eigenvalue weighted by atomic mass is 10.3. The van der Waals surface area contributed by atoms with E-state index in [1.807, 2.05) is 0 Å². The van der Waals surface area contributed by atoms with Crippen molar-refractivity contribution in [2.24, 2.45) is 0 Å². The number of carbonyl (C=O) groups excluding carboxylic acids is 1. The van der Waals surface area contributed by atoms with Gasteiger partial charge in [-0.15, -0.1) is 0 Å². The predicted molar refractivity (Wildman–Crippen MR) is 56.8 cm³/mol. The second kappa shape index (κ2) is 6.31. The molecule has 0 spiro atoms. The summed E-state index contributed by atoms with van der Waals surface area (Å²) in [6, 6.07) is 1.50. The Bertz CT molecular complexity index is 333. The second-order valence-corrected chi connectivity index (χ2v) is 3.26. The molecular formula is C9H12ClN3O2. The SMILES string of the molecule is COCCCC(=O)Nc1cc(Cl)ncn1. The third kappa shape index (κ3) is 4.71. The molecule has 0 unspecified atom stereocenters. The zero-order chi connectivity index (χ0) is 11.1. The van der Waals surface area contributed by atoms with Crippen LogP contribution in [0.15, 0.2) is 12.4 Å². The van der Waals surface area contributed by atoms with Gasteiger partial charge in [-0.1, -0.05) is 11.6 Å². The number of amides is 1. The number of hydrogen-bond acceptors (Lipinski definition) is 4. The topological polar surface area (TPSA) is 64.1 Å². The Morgan fingerprint density at radius 3 is 3.07 bits per heavy atom. The number of aromatic nitrogens is 2. The summed E-state index contributed by atoms with van der Waals surface area (Å²) in [6.07, 6.45) is 2.38. The van der Waals surface area contributed by atoms with Gasteiger partial charge in [0.05, 0.1) is 0 Å². The summed E-state index contributed by atoms with van der Waals surface area (Å²) in [5.41, 5.74) is 0. The van der Waals surface area contributed by atoms with Gasteiger partial charge in [0.2, 0.25) is 5.91 Å². The number of ether oxygens (including phenoxy) is 1. The van der Waals surface area contributed by atoms with Crippen molar-refractivity contribution in [2.45, 2.75) is 12.8 Å². The number of nitrogens with zero attached hydrogens (tertiary/aromatic N) is 2. The van der Waals surface area contributed by atoms with Gasteiger partial charge >= 0.3 is 0 Å². The van der Waals surface area contributed by atoms with Crippen LogP contribution >= 0.6 is 11.6 Å². The van der Waals surface area contributed by atoms with Crippen molar-refractivity contribution in [3.8, 4) is 0 Å². The minimum Gasteiger partial charge on any atom is -0.385 e. The number of halogens is 1. The summed E-state index contributed by atoms with van der Waals surface area (Å²) >= 11 is 5.63. The van der Waals surface area contributed by atoms with Gasteiger partial charge < -0.3 is 10.1 Å². The van der Waals surface area contributed by atoms with Crippen LogP contribution in [0.2, 0.25) is 5.15 Å². The van der Waals surface area contributed by atoms with Crippen LogP contribution in [0.5, 0.6) is 0 Å². The molecule has 1 amide bonds. The van der Waals surface area contributed by atoms with Crippen molar-refractivity contribution >= 4 is 23.3 Å². The van der Waals surface area contributed by atoms with Crippen LogP contribution < -0.4 is 5.32 Å². The maximum Gasteiger partial charge on any atom is 0.225 e. The Hall–Kier alpha value is -1.20. The van der Waals surface area contributed by atoms with Crippen molar-refractivity contribution in [1.82, 2.24) is 9.97 Å². The first kappa shape index (κ1) is 11.9. The van der Waals surface area contributed by atoms with Crippen LogP contribution in [-0.2, 0) is 9.53 Å². The first-order chi connectivity index (χ1) is 7.22. The van der Waals surface area contributed by atoms with Crippen LogP contribution in [-0.4, -0.2) is 29.6 Å². The van der Waals surface area contributed by atoms with Crippen molar-refractivity contribution in [1.29, 1.82) is 0 Å². The van der Waals surface area contributed by atoms with Crippen LogP contribution in [0, 0.1) is 0 Å². The summed E-state index contributed by atoms with van der Waals surface area (Å²) in [5, 5.41) is 2.91. The third-order valence-corrected chi connectivity index (χ3v) is 1.86. The van der Waals surface area contributed by atoms with Crippen LogP contribution in [0.25, 0.3) is 0 Å². The van der Waals surface area contributed by atoms with Gasteiger partial charge in [0.25, 0.3) is 0 Å². The minimum absolute atomic E-state index is 0.109. The number of carbonyl (C=O) groups is 1. The number of methoxy groups -OCH3 is 1. The number of anilines is 1. The molecule has 1 heterocycles. The third-order valence-electron chi connectivity index (χ3n) is 1.65. The molecule has 82 valence electrons. The Labute approximate surface area is 92.8 Å². The maximum absolute atomic E-state index is 11.3. The lowest BCUT2D eigenvalue weighted by Gasteiger charge is -2.03. The maximum atomic E-state index is 11.3. The molecule has 1 rings (SSSR count). The first-order valence-electron chi connectivity index (χ1n) is 4.48. The summed E-state index contributed by atoms with van der Waals surface area (Å²) in [7, 11) is 1.60. The van der Waals surface area contributed by atoms with E-state index >= 15 is 0 Å². The van der Waals surface area contributed by atoms with E-state index in [1.54, 1.807) is 7.11 Å². The molecule has 0 fully saturated rings. The van der Waals surface area contributed by atoms with E-state index in [2.05, 4.69) is 15.3 Å². The van der Waals surface area contributed by atoms with Crippen molar-refractivity contribution in [3.05, 3.63) is 17.5 Å². The van der Waals surface area contributed by atoms with Crippen molar-refractivity contribution < 1.29 is 9.53 Å². The van der Waals surface area contributed by atoms with Crippen LogP contribution in [0.1, 0.15) is 12.8 Å². The molecule has 1 aromatic heterocycles. The monoisotopic (exact) mass is 229 g/mol. The fourth-order valence-corrected chi connectivity index (χ4v) is 1.13. The molecule has 0 radical (unpaired) electrons. The molecule has 6 heteroatoms. The molecular weight excluding hydrogens is 218 g/mol. The van der Waals surface area contributed by atoms with E-state index in [9.17, 15) is 4.79 Å². The van der Waals surface area contributed by atoms with E-state index in [0.29, 0.717) is 30.4 Å². The fraction of sp³-hybridized carbons (Fsp3) is 0.444. The van der Waals surface area contributed by atoms with Crippen molar-refractivity contribution in [2.75, 3.05) is 19.0 Å². The molecule has 0 atom stereocenters. The normalized spacial score (nSPS) is 10.0. The Morgan fingerprint density at radius 1 is 1.60 bits per heavy atom. The Morgan fingerprint density at radius 2 is 2.40 bits per heavy atom. The van der Waals surface area contributed by atoms with Crippen molar-refractivity contribution in [3.63, 3.8) is 0 Å². The average Bonchev–Trinajstić information content (AvgIpc) is 2.18. The molecule has 15 heavy (non-hydrogen) atoms. The smallest absolute Gasteiger partial charge is 0.225 e. The molecule has 0 aliphatic heterocycles. The highest BCUT2D eigenvalue weighted by molar-refractivity contribution is 6.29. The first-order valence-corrected chi connectivity index (χ1v) is 4.86. The molecule has 0 aliphatic carbocycles. The highest BCUT2D eigenvalue weighted by Crippen LogP contribution is 2.08. The van der Waals surface area contributed by atoms with Gasteiger partial charge in [-0.3, -0.25) is 4.79 Å². The van der Waals surface area contributed by atoms with E-state index in [-0.39, 0.29) is 5.91 Å². The number of hydrogen-bond donors (Lipinski definition) is 1. The van der Waals surface area contributed by atoms with Gasteiger partial charge in [-0.25, -0.2) is 9.97 Å². The van der Waals surface area contributed by atoms with Crippen LogP contribution in [0.3, 0.4) is 0 Å². The number of rotatable bonds is 5. The van der Waals surface area contributed by atoms with Crippen LogP contribution in [0.4, 0.5) is 5.82 Å². The van der Waals surface area contributed by atoms with Gasteiger partial charge in [0.15, 0.2) is 0 Å². The highest BCUT2D eigenvalue weighted by Gasteiger charge is 2.03. The zero-order valence-electron chi connectivity index (χ0n) is 8.36. The molecule has 0 saturated carbocycles. The molecule has 5 nitrogen and oxygen atoms in total. The summed E-state index contributed by atoms with van der Waals surface area (Å²) < 4.78 is 4.83. The van der Waals surface area contributed by atoms with E-state index in [4.69, 9.17) is 16.3 Å². The summed E-state index contributed by atoms with van der Waals surface area (Å²) in [5.74, 6) is 0.305. The lowest BCUT2D eigenvalue weighted by Crippen LogP contribution is -2.13. The minimum atomic E-state index is -0.109. The Kier molecular flexibility index (Phi) is 5.00. The molecule has 1 N–H and O–H groups in total. The highest BCUT2D eigenvalue weighted by atomic mass is 35.5. The van der Waals surface area contributed by atoms with Gasteiger partial charge in [0.1, 0.15) is 17.3 Å². The molecule has 0 bridgehead atoms. The predicted octanol–water partition coefficient (Wildman–Crippen LogP) is 1.50. The van der Waals surface area contributed by atoms with E-state index in [0.717, 1.165) is 0 Å². The van der Waals surface area contributed by atoms with Gasteiger partial charge in [-0.2, -0.15) is 0 Å². The fourth-order valence-electron chi connectivity index (χ4n) is 0.984. The van der Waals surface area contributed by atoms with E-state index < -0.39 is 0 Å². The number of nitrogens with one attached hydrogen (secondary N) is 1. The molecule has 0 aromatic carbocycles. The summed E-state index contributed by atoms with van der Waals surface area (Å²) in [6.45, 7) is 0.567. The molecule has 1 aromatic rings.